The Labute approximate surface area is 232 Å². The number of piperidine rings is 1. The summed E-state index contributed by atoms with van der Waals surface area (Å²) in [6.45, 7) is 15.0. The van der Waals surface area contributed by atoms with Crippen LogP contribution in [0.25, 0.3) is 0 Å². The molecule has 9 nitrogen and oxygen atoms in total. The Bertz CT molecular complexity index is 1120. The van der Waals surface area contributed by atoms with Crippen LogP contribution in [0.2, 0.25) is 0 Å². The molecule has 0 saturated carbocycles. The van der Waals surface area contributed by atoms with E-state index in [4.69, 9.17) is 4.74 Å². The summed E-state index contributed by atoms with van der Waals surface area (Å²) in [5.74, 6) is 0.502. The zero-order valence-corrected chi connectivity index (χ0v) is 23.8. The van der Waals surface area contributed by atoms with Crippen LogP contribution in [-0.2, 0) is 10.2 Å². The highest BCUT2D eigenvalue weighted by molar-refractivity contribution is 5.76. The van der Waals surface area contributed by atoms with Crippen molar-refractivity contribution in [2.75, 3.05) is 62.6 Å². The van der Waals surface area contributed by atoms with Crippen molar-refractivity contribution >= 4 is 23.0 Å². The molecule has 2 saturated heterocycles. The lowest BCUT2D eigenvalue weighted by Gasteiger charge is -2.37. The highest BCUT2D eigenvalue weighted by atomic mass is 16.6. The number of hydrogen-bond donors (Lipinski definition) is 1. The van der Waals surface area contributed by atoms with Crippen molar-refractivity contribution in [1.29, 1.82) is 0 Å². The van der Waals surface area contributed by atoms with Crippen LogP contribution in [0.5, 0.6) is 5.75 Å². The van der Waals surface area contributed by atoms with Crippen molar-refractivity contribution in [3.05, 3.63) is 58.1 Å². The maximum atomic E-state index is 12.9. The zero-order chi connectivity index (χ0) is 28.0. The normalized spacial score (nSPS) is 17.2. The number of carbonyl (C=O) groups excluding carboxylic acids is 1. The minimum atomic E-state index is -0.426. The SMILES string of the molecule is CCOc1cc(NC2CCN(C(=O)CCN3CCN(c4ccc(C(C)(C)C)cc4)CC3)CC2)ccc1[N+](=O)[O-]. The van der Waals surface area contributed by atoms with Gasteiger partial charge in [-0.05, 0) is 48.9 Å². The number of nitrogens with one attached hydrogen (secondary N) is 1. The summed E-state index contributed by atoms with van der Waals surface area (Å²) in [4.78, 5) is 30.5. The molecule has 39 heavy (non-hydrogen) atoms. The number of amides is 1. The Morgan fingerprint density at radius 1 is 1.03 bits per heavy atom. The lowest BCUT2D eigenvalue weighted by atomic mass is 9.87. The second kappa shape index (κ2) is 12.7. The van der Waals surface area contributed by atoms with Gasteiger partial charge in [0.1, 0.15) is 0 Å². The Hall–Kier alpha value is -3.33. The fraction of sp³-hybridized carbons (Fsp3) is 0.567. The zero-order valence-electron chi connectivity index (χ0n) is 23.8. The molecule has 0 bridgehead atoms. The van der Waals surface area contributed by atoms with E-state index < -0.39 is 4.92 Å². The van der Waals surface area contributed by atoms with E-state index >= 15 is 0 Å². The van der Waals surface area contributed by atoms with Gasteiger partial charge in [-0.25, -0.2) is 0 Å². The van der Waals surface area contributed by atoms with Crippen LogP contribution in [-0.4, -0.2) is 79.1 Å². The summed E-state index contributed by atoms with van der Waals surface area (Å²) in [5, 5.41) is 14.7. The third-order valence-electron chi connectivity index (χ3n) is 7.79. The van der Waals surface area contributed by atoms with E-state index in [-0.39, 0.29) is 28.8 Å². The van der Waals surface area contributed by atoms with Crippen LogP contribution in [0.15, 0.2) is 42.5 Å². The summed E-state index contributed by atoms with van der Waals surface area (Å²) < 4.78 is 5.46. The number of hydrogen-bond acceptors (Lipinski definition) is 7. The number of benzene rings is 2. The van der Waals surface area contributed by atoms with Crippen molar-refractivity contribution in [2.24, 2.45) is 0 Å². The molecule has 2 fully saturated rings. The quantitative estimate of drug-likeness (QED) is 0.359. The van der Waals surface area contributed by atoms with Gasteiger partial charge in [0, 0.05) is 81.8 Å². The Kier molecular flexibility index (Phi) is 9.32. The number of nitro groups is 1. The number of piperazine rings is 1. The van der Waals surface area contributed by atoms with Gasteiger partial charge in [-0.2, -0.15) is 0 Å². The third-order valence-corrected chi connectivity index (χ3v) is 7.79. The highest BCUT2D eigenvalue weighted by Gasteiger charge is 2.25. The molecule has 0 aliphatic carbocycles. The minimum absolute atomic E-state index is 0.0287. The van der Waals surface area contributed by atoms with E-state index in [1.807, 2.05) is 11.8 Å². The van der Waals surface area contributed by atoms with E-state index in [1.54, 1.807) is 12.1 Å². The molecule has 0 atom stereocenters. The number of nitro benzene ring substituents is 1. The van der Waals surface area contributed by atoms with Gasteiger partial charge in [0.25, 0.3) is 0 Å². The lowest BCUT2D eigenvalue weighted by Crippen LogP contribution is -2.48. The predicted molar refractivity (Wildman–Crippen MR) is 156 cm³/mol. The molecular formula is C30H43N5O4. The summed E-state index contributed by atoms with van der Waals surface area (Å²) in [6.07, 6.45) is 2.25. The largest absolute Gasteiger partial charge is 0.487 e. The summed E-state index contributed by atoms with van der Waals surface area (Å²) in [6, 6.07) is 14.1. The summed E-state index contributed by atoms with van der Waals surface area (Å²) >= 11 is 0. The third kappa shape index (κ3) is 7.62. The van der Waals surface area contributed by atoms with Gasteiger partial charge in [0.05, 0.1) is 11.5 Å². The highest BCUT2D eigenvalue weighted by Crippen LogP contribution is 2.31. The summed E-state index contributed by atoms with van der Waals surface area (Å²) in [7, 11) is 0. The molecule has 0 radical (unpaired) electrons. The van der Waals surface area contributed by atoms with Crippen LogP contribution in [0.3, 0.4) is 0 Å². The molecule has 212 valence electrons. The first-order chi connectivity index (χ1) is 18.6. The van der Waals surface area contributed by atoms with Gasteiger partial charge in [-0.3, -0.25) is 19.8 Å². The lowest BCUT2D eigenvalue weighted by molar-refractivity contribution is -0.385. The van der Waals surface area contributed by atoms with E-state index in [1.165, 1.54) is 17.3 Å². The van der Waals surface area contributed by atoms with E-state index in [0.29, 0.717) is 13.0 Å². The molecule has 0 aromatic heterocycles. The van der Waals surface area contributed by atoms with Gasteiger partial charge in [-0.15, -0.1) is 0 Å². The number of rotatable bonds is 9. The van der Waals surface area contributed by atoms with Crippen LogP contribution < -0.4 is 15.0 Å². The van der Waals surface area contributed by atoms with Crippen LogP contribution in [0.4, 0.5) is 17.1 Å². The Balaban J connectivity index is 1.17. The van der Waals surface area contributed by atoms with Crippen LogP contribution >= 0.6 is 0 Å². The van der Waals surface area contributed by atoms with Crippen molar-refractivity contribution in [1.82, 2.24) is 9.80 Å². The maximum absolute atomic E-state index is 12.9. The topological polar surface area (TPSA) is 91.2 Å². The first-order valence-electron chi connectivity index (χ1n) is 14.2. The first-order valence-corrected chi connectivity index (χ1v) is 14.2. The van der Waals surface area contributed by atoms with Gasteiger partial charge in [-0.1, -0.05) is 32.9 Å². The monoisotopic (exact) mass is 537 g/mol. The van der Waals surface area contributed by atoms with Crippen molar-refractivity contribution in [2.45, 2.75) is 58.4 Å². The average Bonchev–Trinajstić information content (AvgIpc) is 2.92. The number of carbonyl (C=O) groups is 1. The number of anilines is 2. The van der Waals surface area contributed by atoms with E-state index in [2.05, 4.69) is 60.2 Å². The summed E-state index contributed by atoms with van der Waals surface area (Å²) in [5.41, 5.74) is 3.57. The maximum Gasteiger partial charge on any atom is 0.311 e. The van der Waals surface area contributed by atoms with Gasteiger partial charge in [0.15, 0.2) is 5.75 Å². The van der Waals surface area contributed by atoms with Gasteiger partial charge < -0.3 is 19.9 Å². The average molecular weight is 538 g/mol. The number of likely N-dealkylation sites (tertiary alicyclic amines) is 1. The fourth-order valence-corrected chi connectivity index (χ4v) is 5.35. The van der Waals surface area contributed by atoms with Gasteiger partial charge >= 0.3 is 5.69 Å². The van der Waals surface area contributed by atoms with Crippen molar-refractivity contribution in [3.63, 3.8) is 0 Å². The van der Waals surface area contributed by atoms with E-state index in [9.17, 15) is 14.9 Å². The minimum Gasteiger partial charge on any atom is -0.487 e. The smallest absolute Gasteiger partial charge is 0.311 e. The molecule has 2 aromatic rings. The standard InChI is InChI=1S/C30H43N5O4/c1-5-39-28-22-25(8-11-27(28)35(37)38)31-24-12-16-34(17-13-24)29(36)14-15-32-18-20-33(21-19-32)26-9-6-23(7-10-26)30(2,3)4/h6-11,22,24,31H,5,12-21H2,1-4H3. The van der Waals surface area contributed by atoms with E-state index in [0.717, 1.165) is 64.3 Å². The number of ether oxygens (including phenoxy) is 1. The predicted octanol–water partition coefficient (Wildman–Crippen LogP) is 4.91. The fourth-order valence-electron chi connectivity index (χ4n) is 5.35. The molecule has 0 unspecified atom stereocenters. The number of nitrogens with zero attached hydrogens (tertiary/aromatic N) is 4. The molecule has 0 spiro atoms. The molecule has 2 aliphatic heterocycles. The Morgan fingerprint density at radius 2 is 1.69 bits per heavy atom. The molecular weight excluding hydrogens is 494 g/mol. The van der Waals surface area contributed by atoms with Gasteiger partial charge in [0.2, 0.25) is 5.91 Å². The second-order valence-corrected chi connectivity index (χ2v) is 11.5. The first kappa shape index (κ1) is 28.7. The van der Waals surface area contributed by atoms with Crippen LogP contribution in [0.1, 0.15) is 52.5 Å². The second-order valence-electron chi connectivity index (χ2n) is 11.5. The molecule has 1 amide bonds. The van der Waals surface area contributed by atoms with Crippen LogP contribution in [0, 0.1) is 10.1 Å². The molecule has 4 rings (SSSR count). The molecule has 1 N–H and O–H groups in total. The molecule has 2 aliphatic rings. The molecule has 2 aromatic carbocycles. The Morgan fingerprint density at radius 3 is 2.28 bits per heavy atom. The molecule has 9 heteroatoms. The van der Waals surface area contributed by atoms with Crippen molar-refractivity contribution in [3.8, 4) is 5.75 Å². The molecule has 2 heterocycles. The van der Waals surface area contributed by atoms with Crippen molar-refractivity contribution < 1.29 is 14.5 Å².